The van der Waals surface area contributed by atoms with E-state index in [0.29, 0.717) is 17.5 Å². The van der Waals surface area contributed by atoms with Crippen LogP contribution in [0.4, 0.5) is 0 Å². The number of furan rings is 2. The van der Waals surface area contributed by atoms with Crippen molar-refractivity contribution in [2.24, 2.45) is 0 Å². The molecule has 68 heavy (non-hydrogen) atoms. The Kier molecular flexibility index (Phi) is 7.65. The van der Waals surface area contributed by atoms with Gasteiger partial charge in [-0.2, -0.15) is 0 Å². The van der Waals surface area contributed by atoms with Crippen molar-refractivity contribution in [1.82, 2.24) is 24.1 Å². The van der Waals surface area contributed by atoms with Gasteiger partial charge in [-0.3, -0.25) is 0 Å². The maximum atomic E-state index is 6.72. The molecule has 0 fully saturated rings. The van der Waals surface area contributed by atoms with E-state index in [1.807, 2.05) is 30.3 Å². The normalized spacial score (nSPS) is 12.1. The van der Waals surface area contributed by atoms with Gasteiger partial charge in [0, 0.05) is 54.3 Å². The molecule has 15 aromatic rings. The van der Waals surface area contributed by atoms with Crippen molar-refractivity contribution < 1.29 is 8.83 Å². The van der Waals surface area contributed by atoms with Crippen LogP contribution in [0.1, 0.15) is 0 Å². The molecule has 0 atom stereocenters. The number of nitrogens with zero attached hydrogens (tertiary/aromatic N) is 5. The third-order valence-electron chi connectivity index (χ3n) is 13.8. The number of hydrogen-bond acceptors (Lipinski definition) is 5. The summed E-state index contributed by atoms with van der Waals surface area (Å²) in [6, 6.07) is 74.3. The van der Waals surface area contributed by atoms with Gasteiger partial charge < -0.3 is 18.0 Å². The highest BCUT2D eigenvalue weighted by Gasteiger charge is 2.27. The molecule has 0 spiro atoms. The summed E-state index contributed by atoms with van der Waals surface area (Å²) >= 11 is 0. The van der Waals surface area contributed by atoms with Crippen LogP contribution in [-0.2, 0) is 0 Å². The van der Waals surface area contributed by atoms with Gasteiger partial charge in [0.2, 0.25) is 0 Å². The van der Waals surface area contributed by atoms with Gasteiger partial charge in [0.15, 0.2) is 17.5 Å². The highest BCUT2D eigenvalue weighted by Crippen LogP contribution is 2.45. The largest absolute Gasteiger partial charge is 0.456 e. The quantitative estimate of drug-likeness (QED) is 0.172. The lowest BCUT2D eigenvalue weighted by Gasteiger charge is -2.16. The van der Waals surface area contributed by atoms with Gasteiger partial charge in [-0.15, -0.1) is 0 Å². The Balaban J connectivity index is 1.11. The Morgan fingerprint density at radius 3 is 1.71 bits per heavy atom. The lowest BCUT2D eigenvalue weighted by molar-refractivity contribution is 0.668. The molecule has 0 bridgehead atoms. The zero-order valence-corrected chi connectivity index (χ0v) is 36.3. The highest BCUT2D eigenvalue weighted by molar-refractivity contribution is 6.18. The van der Waals surface area contributed by atoms with Gasteiger partial charge in [-0.25, -0.2) is 15.0 Å². The van der Waals surface area contributed by atoms with Crippen LogP contribution in [0.3, 0.4) is 0 Å². The topological polar surface area (TPSA) is 74.8 Å². The minimum absolute atomic E-state index is 0.498. The van der Waals surface area contributed by atoms with Gasteiger partial charge in [0.05, 0.1) is 38.9 Å². The smallest absolute Gasteiger partial charge is 0.167 e. The summed E-state index contributed by atoms with van der Waals surface area (Å²) in [7, 11) is 0. The monoisotopic (exact) mass is 869 g/mol. The lowest BCUT2D eigenvalue weighted by Crippen LogP contribution is -2.05. The SMILES string of the molecule is c1ccc(-n2c3ccccc3c3cccc(-c4nc(-c5cccc6c5oc5ccccc56)nc(-c5c(-n6c7ccccc7c7cc8ccccc8cc76)ccc6oc7ccccc7c56)n4)c32)cc1. The number of benzene rings is 10. The van der Waals surface area contributed by atoms with E-state index in [1.165, 1.54) is 5.39 Å². The fourth-order valence-electron chi connectivity index (χ4n) is 10.8. The molecule has 0 radical (unpaired) electrons. The van der Waals surface area contributed by atoms with E-state index in [9.17, 15) is 0 Å². The van der Waals surface area contributed by atoms with Crippen molar-refractivity contribution >= 4 is 98.3 Å². The molecule has 0 amide bonds. The molecule has 10 aromatic carbocycles. The molecular formula is C61H35N5O2. The maximum Gasteiger partial charge on any atom is 0.167 e. The van der Waals surface area contributed by atoms with Crippen LogP contribution >= 0.6 is 0 Å². The average molecular weight is 870 g/mol. The number of aromatic nitrogens is 5. The molecule has 15 rings (SSSR count). The predicted molar refractivity (Wildman–Crippen MR) is 277 cm³/mol. The van der Waals surface area contributed by atoms with Crippen molar-refractivity contribution in [3.8, 4) is 45.5 Å². The van der Waals surface area contributed by atoms with E-state index in [0.717, 1.165) is 121 Å². The number of rotatable bonds is 5. The van der Waals surface area contributed by atoms with Crippen molar-refractivity contribution in [1.29, 1.82) is 0 Å². The average Bonchev–Trinajstić information content (AvgIpc) is 4.15. The molecule has 7 nitrogen and oxygen atoms in total. The first kappa shape index (κ1) is 36.9. The van der Waals surface area contributed by atoms with Crippen LogP contribution in [-0.4, -0.2) is 24.1 Å². The van der Waals surface area contributed by atoms with Crippen molar-refractivity contribution in [3.05, 3.63) is 212 Å². The molecular weight excluding hydrogens is 835 g/mol. The summed E-state index contributed by atoms with van der Waals surface area (Å²) in [6.07, 6.45) is 0. The molecule has 316 valence electrons. The molecule has 0 aliphatic heterocycles. The first-order chi connectivity index (χ1) is 33.7. The summed E-state index contributed by atoms with van der Waals surface area (Å²) in [5, 5.41) is 10.8. The minimum atomic E-state index is 0.498. The predicted octanol–water partition coefficient (Wildman–Crippen LogP) is 16.0. The van der Waals surface area contributed by atoms with Gasteiger partial charge in [0.1, 0.15) is 22.3 Å². The highest BCUT2D eigenvalue weighted by atomic mass is 16.3. The Morgan fingerprint density at radius 1 is 0.338 bits per heavy atom. The molecule has 5 aromatic heterocycles. The Morgan fingerprint density at radius 2 is 0.912 bits per heavy atom. The Bertz CT molecular complexity index is 4570. The number of fused-ring (bicyclic) bond motifs is 13. The fourth-order valence-corrected chi connectivity index (χ4v) is 10.8. The second-order valence-electron chi connectivity index (χ2n) is 17.5. The molecule has 0 aliphatic carbocycles. The van der Waals surface area contributed by atoms with Crippen molar-refractivity contribution in [2.45, 2.75) is 0 Å². The van der Waals surface area contributed by atoms with Gasteiger partial charge in [-0.05, 0) is 83.6 Å². The van der Waals surface area contributed by atoms with Crippen LogP contribution in [0.2, 0.25) is 0 Å². The third-order valence-corrected chi connectivity index (χ3v) is 13.8. The fraction of sp³-hybridized carbons (Fsp3) is 0. The molecule has 0 aliphatic rings. The molecule has 0 saturated carbocycles. The zero-order chi connectivity index (χ0) is 44.5. The summed E-state index contributed by atoms with van der Waals surface area (Å²) in [6.45, 7) is 0. The number of hydrogen-bond donors (Lipinski definition) is 0. The van der Waals surface area contributed by atoms with E-state index >= 15 is 0 Å². The molecule has 0 N–H and O–H groups in total. The van der Waals surface area contributed by atoms with Gasteiger partial charge in [-0.1, -0.05) is 140 Å². The number of para-hydroxylation sites is 7. The first-order valence-electron chi connectivity index (χ1n) is 22.9. The van der Waals surface area contributed by atoms with E-state index in [2.05, 4.69) is 191 Å². The standard InChI is InChI=1S/C61H35N5O2/c1-2-18-38(19-3-1)65-48-28-10-6-20-39(48)42-24-14-26-45(57(42)65)59-62-60(46-27-15-25-43-41-22-8-12-30-52(41)68-58(43)46)64-61(63-59)56-50(32-33-54-55(56)44-23-9-13-31-53(44)67-54)66-49-29-11-7-21-40(49)47-34-36-16-4-5-17-37(36)35-51(47)66/h1-35H. The molecule has 0 unspecified atom stereocenters. The van der Waals surface area contributed by atoms with Crippen LogP contribution in [0.5, 0.6) is 0 Å². The molecule has 7 heteroatoms. The summed E-state index contributed by atoms with van der Waals surface area (Å²) < 4.78 is 18.1. The van der Waals surface area contributed by atoms with E-state index < -0.39 is 0 Å². The van der Waals surface area contributed by atoms with E-state index in [1.54, 1.807) is 0 Å². The Hall–Kier alpha value is -9.33. The van der Waals surface area contributed by atoms with Crippen LogP contribution in [0.25, 0.3) is 144 Å². The first-order valence-corrected chi connectivity index (χ1v) is 22.9. The molecule has 5 heterocycles. The second kappa shape index (κ2) is 14.1. The molecule has 0 saturated heterocycles. The van der Waals surface area contributed by atoms with Crippen LogP contribution in [0.15, 0.2) is 221 Å². The second-order valence-corrected chi connectivity index (χ2v) is 17.5. The van der Waals surface area contributed by atoms with Gasteiger partial charge in [0.25, 0.3) is 0 Å². The van der Waals surface area contributed by atoms with Gasteiger partial charge >= 0.3 is 0 Å². The van der Waals surface area contributed by atoms with E-state index in [4.69, 9.17) is 23.8 Å². The van der Waals surface area contributed by atoms with Crippen molar-refractivity contribution in [3.63, 3.8) is 0 Å². The maximum absolute atomic E-state index is 6.72. The zero-order valence-electron chi connectivity index (χ0n) is 36.3. The summed E-state index contributed by atoms with van der Waals surface area (Å²) in [4.78, 5) is 16.8. The summed E-state index contributed by atoms with van der Waals surface area (Å²) in [5.41, 5.74) is 11.8. The minimum Gasteiger partial charge on any atom is -0.456 e. The van der Waals surface area contributed by atoms with E-state index in [-0.39, 0.29) is 0 Å². The third kappa shape index (κ3) is 5.26. The van der Waals surface area contributed by atoms with Crippen LogP contribution in [0, 0.1) is 0 Å². The van der Waals surface area contributed by atoms with Crippen molar-refractivity contribution in [2.75, 3.05) is 0 Å². The van der Waals surface area contributed by atoms with Crippen LogP contribution < -0.4 is 0 Å². The summed E-state index contributed by atoms with van der Waals surface area (Å²) in [5.74, 6) is 1.54. The lowest BCUT2D eigenvalue weighted by atomic mass is 10.0. The Labute approximate surface area is 387 Å².